The third kappa shape index (κ3) is 6.29. The molecule has 0 aliphatic heterocycles. The Morgan fingerprint density at radius 1 is 1.20 bits per heavy atom. The first kappa shape index (κ1) is 18.5. The summed E-state index contributed by atoms with van der Waals surface area (Å²) >= 11 is 0. The lowest BCUT2D eigenvalue weighted by molar-refractivity contribution is 0.312. The maximum Gasteiger partial charge on any atom is 0.316 e. The largest absolute Gasteiger partial charge is 0.464 e. The molecule has 0 spiro atoms. The van der Waals surface area contributed by atoms with Crippen molar-refractivity contribution in [3.05, 3.63) is 36.7 Å². The van der Waals surface area contributed by atoms with E-state index < -0.39 is 0 Å². The van der Waals surface area contributed by atoms with Gasteiger partial charge in [0.1, 0.15) is 5.84 Å². The van der Waals surface area contributed by atoms with Gasteiger partial charge >= 0.3 is 6.01 Å². The SMILES string of the molecule is CCOc1ncc(-c2cccc(NCCCCC/C(N)=N/O)c2)cn1. The van der Waals surface area contributed by atoms with Crippen molar-refractivity contribution in [1.29, 1.82) is 0 Å². The lowest BCUT2D eigenvalue weighted by Crippen LogP contribution is -2.11. The van der Waals surface area contributed by atoms with Crippen molar-refractivity contribution in [2.45, 2.75) is 32.6 Å². The van der Waals surface area contributed by atoms with Crippen LogP contribution >= 0.6 is 0 Å². The highest BCUT2D eigenvalue weighted by molar-refractivity contribution is 5.79. The number of oxime groups is 1. The lowest BCUT2D eigenvalue weighted by atomic mass is 10.1. The Hall–Kier alpha value is -2.83. The Bertz CT molecular complexity index is 673. The third-order valence-corrected chi connectivity index (χ3v) is 3.66. The van der Waals surface area contributed by atoms with Crippen LogP contribution in [0.4, 0.5) is 5.69 Å². The van der Waals surface area contributed by atoms with Gasteiger partial charge in [-0.2, -0.15) is 0 Å². The highest BCUT2D eigenvalue weighted by Crippen LogP contribution is 2.22. The van der Waals surface area contributed by atoms with Crippen molar-refractivity contribution in [3.63, 3.8) is 0 Å². The number of hydrogen-bond acceptors (Lipinski definition) is 6. The van der Waals surface area contributed by atoms with E-state index in [1.807, 2.05) is 25.1 Å². The summed E-state index contributed by atoms with van der Waals surface area (Å²) in [4.78, 5) is 8.40. The molecule has 0 amide bonds. The van der Waals surface area contributed by atoms with Gasteiger partial charge in [0.05, 0.1) is 6.61 Å². The Labute approximate surface area is 147 Å². The second-order valence-corrected chi connectivity index (χ2v) is 5.60. The van der Waals surface area contributed by atoms with Crippen molar-refractivity contribution in [2.24, 2.45) is 10.9 Å². The number of rotatable bonds is 10. The highest BCUT2D eigenvalue weighted by atomic mass is 16.5. The number of nitrogens with two attached hydrogens (primary N) is 1. The van der Waals surface area contributed by atoms with Gasteiger partial charge in [-0.25, -0.2) is 9.97 Å². The number of benzene rings is 1. The number of aromatic nitrogens is 2. The predicted molar refractivity (Wildman–Crippen MR) is 99.0 cm³/mol. The average Bonchev–Trinajstić information content (AvgIpc) is 2.65. The van der Waals surface area contributed by atoms with Gasteiger partial charge in [0.2, 0.25) is 0 Å². The summed E-state index contributed by atoms with van der Waals surface area (Å²) in [6, 6.07) is 8.55. The molecule has 1 heterocycles. The smallest absolute Gasteiger partial charge is 0.316 e. The number of nitrogens with one attached hydrogen (secondary N) is 1. The molecule has 0 unspecified atom stereocenters. The van der Waals surface area contributed by atoms with Crippen LogP contribution in [0.5, 0.6) is 6.01 Å². The maximum atomic E-state index is 8.48. The zero-order valence-electron chi connectivity index (χ0n) is 14.5. The molecule has 0 aliphatic rings. The van der Waals surface area contributed by atoms with Crippen molar-refractivity contribution >= 4 is 11.5 Å². The molecule has 1 aromatic carbocycles. The van der Waals surface area contributed by atoms with Gasteiger partial charge in [-0.1, -0.05) is 23.7 Å². The second-order valence-electron chi connectivity index (χ2n) is 5.60. The minimum absolute atomic E-state index is 0.290. The van der Waals surface area contributed by atoms with Gasteiger partial charge in [-0.05, 0) is 37.5 Å². The number of anilines is 1. The summed E-state index contributed by atoms with van der Waals surface area (Å²) < 4.78 is 5.26. The van der Waals surface area contributed by atoms with E-state index in [0.717, 1.165) is 42.6 Å². The minimum atomic E-state index is 0.290. The fourth-order valence-electron chi connectivity index (χ4n) is 2.37. The number of ether oxygens (including phenoxy) is 1. The molecule has 1 aromatic heterocycles. The van der Waals surface area contributed by atoms with Gasteiger partial charge in [0.25, 0.3) is 0 Å². The third-order valence-electron chi connectivity index (χ3n) is 3.66. The summed E-state index contributed by atoms with van der Waals surface area (Å²) in [5.74, 6) is 0.290. The molecule has 134 valence electrons. The molecule has 0 fully saturated rings. The minimum Gasteiger partial charge on any atom is -0.464 e. The van der Waals surface area contributed by atoms with Crippen LogP contribution in [0.25, 0.3) is 11.1 Å². The quantitative estimate of drug-likeness (QED) is 0.201. The molecule has 0 aliphatic carbocycles. The molecule has 2 rings (SSSR count). The van der Waals surface area contributed by atoms with E-state index in [-0.39, 0.29) is 0 Å². The van der Waals surface area contributed by atoms with E-state index in [4.69, 9.17) is 15.7 Å². The average molecular weight is 343 g/mol. The van der Waals surface area contributed by atoms with Crippen LogP contribution in [0.3, 0.4) is 0 Å². The molecule has 4 N–H and O–H groups in total. The number of nitrogens with zero attached hydrogens (tertiary/aromatic N) is 3. The molecule has 7 nitrogen and oxygen atoms in total. The van der Waals surface area contributed by atoms with Crippen LogP contribution in [-0.4, -0.2) is 34.2 Å². The van der Waals surface area contributed by atoms with E-state index in [1.165, 1.54) is 0 Å². The first-order chi connectivity index (χ1) is 12.2. The topological polar surface area (TPSA) is 106 Å². The lowest BCUT2D eigenvalue weighted by Gasteiger charge is -2.09. The van der Waals surface area contributed by atoms with E-state index in [0.29, 0.717) is 24.9 Å². The van der Waals surface area contributed by atoms with Crippen molar-refractivity contribution in [1.82, 2.24) is 9.97 Å². The molecule has 7 heteroatoms. The van der Waals surface area contributed by atoms with E-state index in [9.17, 15) is 0 Å². The Kier molecular flexibility index (Phi) is 7.49. The fraction of sp³-hybridized carbons (Fsp3) is 0.389. The van der Waals surface area contributed by atoms with Crippen LogP contribution in [0.15, 0.2) is 41.8 Å². The van der Waals surface area contributed by atoms with Crippen LogP contribution < -0.4 is 15.8 Å². The monoisotopic (exact) mass is 343 g/mol. The first-order valence-corrected chi connectivity index (χ1v) is 8.48. The molecule has 0 saturated carbocycles. The zero-order chi connectivity index (χ0) is 17.9. The summed E-state index contributed by atoms with van der Waals surface area (Å²) in [6.07, 6.45) is 7.13. The number of amidine groups is 1. The molecule has 0 saturated heterocycles. The Morgan fingerprint density at radius 2 is 2.00 bits per heavy atom. The van der Waals surface area contributed by atoms with Gasteiger partial charge in [0, 0.05) is 36.6 Å². The van der Waals surface area contributed by atoms with Crippen LogP contribution in [-0.2, 0) is 0 Å². The molecule has 2 aromatic rings. The van der Waals surface area contributed by atoms with Crippen LogP contribution in [0, 0.1) is 0 Å². The molecule has 0 atom stereocenters. The summed E-state index contributed by atoms with van der Waals surface area (Å²) in [6.45, 7) is 3.33. The molecule has 0 radical (unpaired) electrons. The summed E-state index contributed by atoms with van der Waals surface area (Å²) in [5, 5.41) is 14.9. The predicted octanol–water partition coefficient (Wildman–Crippen LogP) is 3.26. The normalized spacial score (nSPS) is 11.3. The molecule has 25 heavy (non-hydrogen) atoms. The highest BCUT2D eigenvalue weighted by Gasteiger charge is 2.02. The van der Waals surface area contributed by atoms with E-state index in [2.05, 4.69) is 26.5 Å². The Morgan fingerprint density at radius 3 is 2.72 bits per heavy atom. The maximum absolute atomic E-state index is 8.48. The van der Waals surface area contributed by atoms with Gasteiger partial charge in [-0.15, -0.1) is 0 Å². The van der Waals surface area contributed by atoms with E-state index in [1.54, 1.807) is 12.4 Å². The molecule has 0 bridgehead atoms. The fourth-order valence-corrected chi connectivity index (χ4v) is 2.37. The first-order valence-electron chi connectivity index (χ1n) is 8.48. The molecular formula is C18H25N5O2. The zero-order valence-corrected chi connectivity index (χ0v) is 14.5. The van der Waals surface area contributed by atoms with Gasteiger partial charge in [-0.3, -0.25) is 0 Å². The standard InChI is InChI=1S/C18H25N5O2/c1-2-25-18-21-12-15(13-22-18)14-7-6-8-16(11-14)20-10-5-3-4-9-17(19)23-24/h6-8,11-13,20,24H,2-5,9-10H2,1H3,(H2,19,23). The second kappa shape index (κ2) is 10.1. The van der Waals surface area contributed by atoms with Gasteiger partial charge < -0.3 is 21.0 Å². The Balaban J connectivity index is 1.82. The number of hydrogen-bond donors (Lipinski definition) is 3. The van der Waals surface area contributed by atoms with Crippen molar-refractivity contribution in [3.8, 4) is 17.1 Å². The van der Waals surface area contributed by atoms with Crippen LogP contribution in [0.2, 0.25) is 0 Å². The molecular weight excluding hydrogens is 318 g/mol. The summed E-state index contributed by atoms with van der Waals surface area (Å²) in [7, 11) is 0. The van der Waals surface area contributed by atoms with E-state index >= 15 is 0 Å². The summed E-state index contributed by atoms with van der Waals surface area (Å²) in [5.41, 5.74) is 8.51. The van der Waals surface area contributed by atoms with Crippen LogP contribution in [0.1, 0.15) is 32.6 Å². The van der Waals surface area contributed by atoms with Crippen molar-refractivity contribution in [2.75, 3.05) is 18.5 Å². The van der Waals surface area contributed by atoms with Gasteiger partial charge in [0.15, 0.2) is 0 Å². The van der Waals surface area contributed by atoms with Crippen molar-refractivity contribution < 1.29 is 9.94 Å². The number of unbranched alkanes of at least 4 members (excludes halogenated alkanes) is 2.